The SMILES string of the molecule is NC(=O)CCn1c(SCc2ccc(F)cc2)nnc1-c1cccs1. The van der Waals surface area contributed by atoms with Crippen molar-refractivity contribution in [2.24, 2.45) is 5.73 Å². The molecule has 2 aromatic heterocycles. The van der Waals surface area contributed by atoms with Crippen molar-refractivity contribution in [3.63, 3.8) is 0 Å². The second-order valence-corrected chi connectivity index (χ2v) is 6.96. The second-order valence-electron chi connectivity index (χ2n) is 5.07. The van der Waals surface area contributed by atoms with Gasteiger partial charge in [-0.2, -0.15) is 0 Å². The molecule has 0 radical (unpaired) electrons. The van der Waals surface area contributed by atoms with Gasteiger partial charge in [0.2, 0.25) is 5.91 Å². The number of rotatable bonds is 7. The second kappa shape index (κ2) is 7.59. The van der Waals surface area contributed by atoms with Crippen LogP contribution >= 0.6 is 23.1 Å². The topological polar surface area (TPSA) is 73.8 Å². The van der Waals surface area contributed by atoms with Gasteiger partial charge in [-0.15, -0.1) is 21.5 Å². The summed E-state index contributed by atoms with van der Waals surface area (Å²) >= 11 is 3.06. The van der Waals surface area contributed by atoms with Crippen LogP contribution in [0.5, 0.6) is 0 Å². The Morgan fingerprint density at radius 3 is 2.71 bits per heavy atom. The number of aromatic nitrogens is 3. The van der Waals surface area contributed by atoms with E-state index in [1.54, 1.807) is 23.5 Å². The summed E-state index contributed by atoms with van der Waals surface area (Å²) in [7, 11) is 0. The molecule has 24 heavy (non-hydrogen) atoms. The summed E-state index contributed by atoms with van der Waals surface area (Å²) in [6.07, 6.45) is 0.223. The van der Waals surface area contributed by atoms with Gasteiger partial charge in [0.15, 0.2) is 11.0 Å². The van der Waals surface area contributed by atoms with E-state index in [0.29, 0.717) is 17.5 Å². The van der Waals surface area contributed by atoms with E-state index in [1.165, 1.54) is 23.9 Å². The molecule has 5 nitrogen and oxygen atoms in total. The van der Waals surface area contributed by atoms with Gasteiger partial charge in [0.1, 0.15) is 5.82 Å². The predicted molar refractivity (Wildman–Crippen MR) is 93.1 cm³/mol. The molecule has 2 heterocycles. The van der Waals surface area contributed by atoms with Crippen LogP contribution in [0.1, 0.15) is 12.0 Å². The molecule has 3 aromatic rings. The molecule has 0 atom stereocenters. The smallest absolute Gasteiger partial charge is 0.219 e. The van der Waals surface area contributed by atoms with E-state index in [0.717, 1.165) is 16.3 Å². The van der Waals surface area contributed by atoms with E-state index >= 15 is 0 Å². The zero-order valence-electron chi connectivity index (χ0n) is 12.7. The van der Waals surface area contributed by atoms with Crippen molar-refractivity contribution >= 4 is 29.0 Å². The first-order valence-corrected chi connectivity index (χ1v) is 9.12. The van der Waals surface area contributed by atoms with E-state index in [1.807, 2.05) is 22.1 Å². The molecule has 0 bridgehead atoms. The lowest BCUT2D eigenvalue weighted by molar-refractivity contribution is -0.118. The normalized spacial score (nSPS) is 10.9. The number of amides is 1. The Balaban J connectivity index is 1.81. The molecule has 0 unspecified atom stereocenters. The first-order valence-electron chi connectivity index (χ1n) is 7.26. The largest absolute Gasteiger partial charge is 0.370 e. The van der Waals surface area contributed by atoms with Crippen molar-refractivity contribution in [3.8, 4) is 10.7 Å². The van der Waals surface area contributed by atoms with Crippen molar-refractivity contribution in [2.45, 2.75) is 23.9 Å². The van der Waals surface area contributed by atoms with Crippen LogP contribution in [0.3, 0.4) is 0 Å². The molecule has 0 saturated carbocycles. The van der Waals surface area contributed by atoms with Crippen molar-refractivity contribution in [1.82, 2.24) is 14.8 Å². The Bertz CT molecular complexity index is 815. The Morgan fingerprint density at radius 1 is 1.25 bits per heavy atom. The van der Waals surface area contributed by atoms with Gasteiger partial charge in [-0.1, -0.05) is 30.0 Å². The molecule has 1 aromatic carbocycles. The fourth-order valence-corrected chi connectivity index (χ4v) is 3.77. The molecule has 0 aliphatic rings. The number of carbonyl (C=O) groups is 1. The molecular formula is C16H15FN4OS2. The Hall–Kier alpha value is -2.19. The molecule has 1 amide bonds. The Kier molecular flexibility index (Phi) is 5.27. The zero-order chi connectivity index (χ0) is 16.9. The minimum Gasteiger partial charge on any atom is -0.370 e. The third-order valence-corrected chi connectivity index (χ3v) is 5.23. The summed E-state index contributed by atoms with van der Waals surface area (Å²) < 4.78 is 14.9. The summed E-state index contributed by atoms with van der Waals surface area (Å²) in [6.45, 7) is 0.432. The number of benzene rings is 1. The highest BCUT2D eigenvalue weighted by atomic mass is 32.2. The average Bonchev–Trinajstić information content (AvgIpc) is 3.21. The minimum atomic E-state index is -0.365. The number of hydrogen-bond donors (Lipinski definition) is 1. The molecule has 0 saturated heterocycles. The van der Waals surface area contributed by atoms with Gasteiger partial charge in [0, 0.05) is 18.7 Å². The first kappa shape index (κ1) is 16.7. The number of nitrogens with zero attached hydrogens (tertiary/aromatic N) is 3. The van der Waals surface area contributed by atoms with E-state index in [4.69, 9.17) is 5.73 Å². The van der Waals surface area contributed by atoms with Gasteiger partial charge < -0.3 is 10.3 Å². The highest BCUT2D eigenvalue weighted by molar-refractivity contribution is 7.98. The number of halogens is 1. The lowest BCUT2D eigenvalue weighted by atomic mass is 10.2. The molecule has 0 aliphatic heterocycles. The van der Waals surface area contributed by atoms with Gasteiger partial charge in [-0.25, -0.2) is 4.39 Å². The van der Waals surface area contributed by atoms with E-state index in [9.17, 15) is 9.18 Å². The molecule has 3 rings (SSSR count). The fourth-order valence-electron chi connectivity index (χ4n) is 2.14. The summed E-state index contributed by atoms with van der Waals surface area (Å²) in [5.41, 5.74) is 6.26. The molecule has 8 heteroatoms. The van der Waals surface area contributed by atoms with Crippen LogP contribution in [-0.4, -0.2) is 20.7 Å². The van der Waals surface area contributed by atoms with Crippen molar-refractivity contribution < 1.29 is 9.18 Å². The first-order chi connectivity index (χ1) is 11.6. The van der Waals surface area contributed by atoms with Crippen molar-refractivity contribution in [2.75, 3.05) is 0 Å². The maximum absolute atomic E-state index is 13.0. The van der Waals surface area contributed by atoms with E-state index < -0.39 is 0 Å². The van der Waals surface area contributed by atoms with Crippen LogP contribution in [0.4, 0.5) is 4.39 Å². The van der Waals surface area contributed by atoms with Gasteiger partial charge in [0.25, 0.3) is 0 Å². The van der Waals surface area contributed by atoms with Gasteiger partial charge in [-0.05, 0) is 29.1 Å². The van der Waals surface area contributed by atoms with Crippen LogP contribution in [0.15, 0.2) is 46.9 Å². The lowest BCUT2D eigenvalue weighted by Crippen LogP contribution is -2.14. The maximum Gasteiger partial charge on any atom is 0.219 e. The summed E-state index contributed by atoms with van der Waals surface area (Å²) in [5.74, 6) is 0.746. The van der Waals surface area contributed by atoms with Crippen LogP contribution in [0, 0.1) is 5.82 Å². The van der Waals surface area contributed by atoms with E-state index in [2.05, 4.69) is 10.2 Å². The number of carbonyl (C=O) groups excluding carboxylic acids is 1. The molecule has 0 fully saturated rings. The molecule has 2 N–H and O–H groups in total. The lowest BCUT2D eigenvalue weighted by Gasteiger charge is -2.08. The van der Waals surface area contributed by atoms with Crippen LogP contribution in [0.2, 0.25) is 0 Å². The van der Waals surface area contributed by atoms with Crippen molar-refractivity contribution in [1.29, 1.82) is 0 Å². The highest BCUT2D eigenvalue weighted by Gasteiger charge is 2.15. The molecular weight excluding hydrogens is 347 g/mol. The van der Waals surface area contributed by atoms with Gasteiger partial charge in [-0.3, -0.25) is 4.79 Å². The zero-order valence-corrected chi connectivity index (χ0v) is 14.3. The monoisotopic (exact) mass is 362 g/mol. The van der Waals surface area contributed by atoms with Crippen molar-refractivity contribution in [3.05, 3.63) is 53.2 Å². The summed E-state index contributed by atoms with van der Waals surface area (Å²) in [6, 6.07) is 10.3. The highest BCUT2D eigenvalue weighted by Crippen LogP contribution is 2.29. The third-order valence-electron chi connectivity index (χ3n) is 3.32. The Labute approximate surface area is 146 Å². The molecule has 124 valence electrons. The molecule has 0 spiro atoms. The van der Waals surface area contributed by atoms with E-state index in [-0.39, 0.29) is 18.1 Å². The number of primary amides is 1. The Morgan fingerprint density at radius 2 is 2.04 bits per heavy atom. The number of nitrogens with two attached hydrogens (primary N) is 1. The predicted octanol–water partition coefficient (Wildman–Crippen LogP) is 3.31. The summed E-state index contributed by atoms with van der Waals surface area (Å²) in [5, 5.41) is 11.2. The number of thiophene rings is 1. The fraction of sp³-hybridized carbons (Fsp3) is 0.188. The average molecular weight is 362 g/mol. The minimum absolute atomic E-state index is 0.223. The van der Waals surface area contributed by atoms with Gasteiger partial charge in [0.05, 0.1) is 4.88 Å². The maximum atomic E-state index is 13.0. The molecule has 0 aliphatic carbocycles. The van der Waals surface area contributed by atoms with Gasteiger partial charge >= 0.3 is 0 Å². The van der Waals surface area contributed by atoms with Crippen LogP contribution in [-0.2, 0) is 17.1 Å². The quantitative estimate of drug-likeness (QED) is 0.655. The number of thioether (sulfide) groups is 1. The standard InChI is InChI=1S/C16H15FN4OS2/c17-12-5-3-11(4-6-12)10-24-16-20-19-15(13-2-1-9-23-13)21(16)8-7-14(18)22/h1-6,9H,7-8,10H2,(H2,18,22). The third kappa shape index (κ3) is 4.01. The van der Waals surface area contributed by atoms with Crippen LogP contribution < -0.4 is 5.73 Å². The van der Waals surface area contributed by atoms with Crippen LogP contribution in [0.25, 0.3) is 10.7 Å². The summed E-state index contributed by atoms with van der Waals surface area (Å²) in [4.78, 5) is 12.1. The number of hydrogen-bond acceptors (Lipinski definition) is 5.